The van der Waals surface area contributed by atoms with Crippen LogP contribution in [0.15, 0.2) is 36.4 Å². The molecule has 1 amide bonds. The smallest absolute Gasteiger partial charge is 0.276 e. The maximum atomic E-state index is 14.0. The van der Waals surface area contributed by atoms with Gasteiger partial charge in [0, 0.05) is 3.57 Å². The van der Waals surface area contributed by atoms with E-state index in [4.69, 9.17) is 9.94 Å². The summed E-state index contributed by atoms with van der Waals surface area (Å²) in [6.45, 7) is 1.29. The van der Waals surface area contributed by atoms with Crippen LogP contribution in [0.5, 0.6) is 0 Å². The molecular weight excluding hydrogens is 433 g/mol. The average Bonchev–Trinajstić information content (AvgIpc) is 2.55. The molecule has 0 fully saturated rings. The molecule has 2 aromatic rings. The van der Waals surface area contributed by atoms with E-state index >= 15 is 0 Å². The van der Waals surface area contributed by atoms with Gasteiger partial charge in [0.15, 0.2) is 0 Å². The molecule has 0 saturated heterocycles. The normalized spacial score (nSPS) is 11.9. The molecule has 0 heterocycles. The first-order chi connectivity index (χ1) is 11.4. The summed E-state index contributed by atoms with van der Waals surface area (Å²) in [5.41, 5.74) is 2.43. The van der Waals surface area contributed by atoms with E-state index in [1.165, 1.54) is 18.2 Å². The van der Waals surface area contributed by atoms with Crippen molar-refractivity contribution in [3.8, 4) is 0 Å². The number of amides is 1. The predicted molar refractivity (Wildman–Crippen MR) is 93.9 cm³/mol. The fraction of sp³-hybridized carbons (Fsp3) is 0.188. The zero-order chi connectivity index (χ0) is 17.7. The van der Waals surface area contributed by atoms with Crippen LogP contribution in [0, 0.1) is 15.2 Å². The highest BCUT2D eigenvalue weighted by molar-refractivity contribution is 14.1. The van der Waals surface area contributed by atoms with Gasteiger partial charge < -0.3 is 10.4 Å². The van der Waals surface area contributed by atoms with Gasteiger partial charge >= 0.3 is 0 Å². The Balaban J connectivity index is 2.25. The minimum atomic E-state index is -0.649. The number of aliphatic hydroxyl groups is 1. The van der Waals surface area contributed by atoms with E-state index in [9.17, 15) is 13.6 Å². The fourth-order valence-corrected chi connectivity index (χ4v) is 2.25. The summed E-state index contributed by atoms with van der Waals surface area (Å²) in [4.78, 5) is 17.1. The van der Waals surface area contributed by atoms with Crippen molar-refractivity contribution in [1.82, 2.24) is 5.48 Å². The number of hydroxylamine groups is 1. The molecule has 2 aromatic carbocycles. The van der Waals surface area contributed by atoms with Gasteiger partial charge in [-0.2, -0.15) is 0 Å². The van der Waals surface area contributed by atoms with E-state index in [1.54, 1.807) is 13.0 Å². The standard InChI is InChI=1S/C16H15F2IN2O3/c1-9(8-22)24-21-16(23)12-4-2-10(17)6-15(12)20-14-5-3-11(19)7-13(14)18/h2-7,9,20,22H,8H2,1H3,(H,21,23). The monoisotopic (exact) mass is 448 g/mol. The molecule has 0 aromatic heterocycles. The fourth-order valence-electron chi connectivity index (χ4n) is 1.80. The Labute approximate surface area is 151 Å². The van der Waals surface area contributed by atoms with Gasteiger partial charge in [0.25, 0.3) is 5.91 Å². The Morgan fingerprint density at radius 3 is 2.67 bits per heavy atom. The van der Waals surface area contributed by atoms with E-state index in [-0.39, 0.29) is 23.5 Å². The lowest BCUT2D eigenvalue weighted by atomic mass is 10.1. The Morgan fingerprint density at radius 1 is 1.25 bits per heavy atom. The van der Waals surface area contributed by atoms with Gasteiger partial charge in [0.05, 0.1) is 23.5 Å². The molecule has 0 saturated carbocycles. The molecule has 0 aliphatic rings. The number of benzene rings is 2. The second-order valence-electron chi connectivity index (χ2n) is 4.98. The van der Waals surface area contributed by atoms with Crippen LogP contribution in [0.3, 0.4) is 0 Å². The van der Waals surface area contributed by atoms with Gasteiger partial charge in [0.1, 0.15) is 17.7 Å². The van der Waals surface area contributed by atoms with Crippen LogP contribution in [0.4, 0.5) is 20.2 Å². The highest BCUT2D eigenvalue weighted by Crippen LogP contribution is 2.25. The van der Waals surface area contributed by atoms with Crippen LogP contribution in [-0.4, -0.2) is 23.7 Å². The SMILES string of the molecule is CC(CO)ONC(=O)c1ccc(F)cc1Nc1ccc(I)cc1F. The largest absolute Gasteiger partial charge is 0.394 e. The summed E-state index contributed by atoms with van der Waals surface area (Å²) in [5, 5.41) is 11.6. The minimum absolute atomic E-state index is 0.0690. The first-order valence-corrected chi connectivity index (χ1v) is 8.07. The molecule has 0 bridgehead atoms. The number of hydrogen-bond donors (Lipinski definition) is 3. The van der Waals surface area contributed by atoms with Crippen molar-refractivity contribution >= 4 is 39.9 Å². The summed E-state index contributed by atoms with van der Waals surface area (Å²) < 4.78 is 28.2. The zero-order valence-electron chi connectivity index (χ0n) is 12.6. The summed E-state index contributed by atoms with van der Waals surface area (Å²) in [6, 6.07) is 7.94. The van der Waals surface area contributed by atoms with E-state index in [1.807, 2.05) is 22.6 Å². The number of nitrogens with one attached hydrogen (secondary N) is 2. The molecule has 0 aliphatic heterocycles. The number of carbonyl (C=O) groups is 1. The molecule has 24 heavy (non-hydrogen) atoms. The zero-order valence-corrected chi connectivity index (χ0v) is 14.8. The lowest BCUT2D eigenvalue weighted by molar-refractivity contribution is -0.0303. The van der Waals surface area contributed by atoms with Gasteiger partial charge in [-0.3, -0.25) is 9.63 Å². The molecule has 128 valence electrons. The Morgan fingerprint density at radius 2 is 2.00 bits per heavy atom. The van der Waals surface area contributed by atoms with Crippen LogP contribution >= 0.6 is 22.6 Å². The third kappa shape index (κ3) is 4.86. The predicted octanol–water partition coefficient (Wildman–Crippen LogP) is 3.36. The molecule has 0 radical (unpaired) electrons. The van der Waals surface area contributed by atoms with E-state index < -0.39 is 23.6 Å². The maximum absolute atomic E-state index is 14.0. The Kier molecular flexibility index (Phi) is 6.46. The molecule has 2 rings (SSSR count). The lowest BCUT2D eigenvalue weighted by Gasteiger charge is -2.14. The van der Waals surface area contributed by atoms with Crippen LogP contribution in [0.2, 0.25) is 0 Å². The molecule has 0 spiro atoms. The topological polar surface area (TPSA) is 70.6 Å². The Bertz CT molecular complexity index is 743. The van der Waals surface area contributed by atoms with Gasteiger partial charge in [-0.05, 0) is 65.9 Å². The van der Waals surface area contributed by atoms with Crippen molar-refractivity contribution in [1.29, 1.82) is 0 Å². The van der Waals surface area contributed by atoms with Gasteiger partial charge in [-0.1, -0.05) is 0 Å². The van der Waals surface area contributed by atoms with Crippen molar-refractivity contribution in [3.05, 3.63) is 57.2 Å². The second kappa shape index (κ2) is 8.36. The van der Waals surface area contributed by atoms with E-state index in [2.05, 4.69) is 10.8 Å². The van der Waals surface area contributed by atoms with E-state index in [0.717, 1.165) is 12.1 Å². The van der Waals surface area contributed by atoms with Crippen molar-refractivity contribution < 1.29 is 23.5 Å². The first kappa shape index (κ1) is 18.6. The molecule has 3 N–H and O–H groups in total. The number of anilines is 2. The van der Waals surface area contributed by atoms with Crippen molar-refractivity contribution in [2.24, 2.45) is 0 Å². The molecule has 5 nitrogen and oxygen atoms in total. The van der Waals surface area contributed by atoms with Crippen molar-refractivity contribution in [2.75, 3.05) is 11.9 Å². The van der Waals surface area contributed by atoms with E-state index in [0.29, 0.717) is 3.57 Å². The number of rotatable bonds is 6. The molecule has 8 heteroatoms. The average molecular weight is 448 g/mol. The van der Waals surface area contributed by atoms with Crippen LogP contribution in [0.25, 0.3) is 0 Å². The highest BCUT2D eigenvalue weighted by atomic mass is 127. The third-order valence-electron chi connectivity index (χ3n) is 3.04. The van der Waals surface area contributed by atoms with Gasteiger partial charge in [0.2, 0.25) is 0 Å². The van der Waals surface area contributed by atoms with Gasteiger partial charge in [-0.15, -0.1) is 0 Å². The highest BCUT2D eigenvalue weighted by Gasteiger charge is 2.15. The number of hydrogen-bond acceptors (Lipinski definition) is 4. The number of halogens is 3. The van der Waals surface area contributed by atoms with Crippen molar-refractivity contribution in [3.63, 3.8) is 0 Å². The molecule has 0 aliphatic carbocycles. The summed E-state index contributed by atoms with van der Waals surface area (Å²) in [6.07, 6.45) is -0.598. The molecule has 1 unspecified atom stereocenters. The van der Waals surface area contributed by atoms with Crippen molar-refractivity contribution in [2.45, 2.75) is 13.0 Å². The number of carbonyl (C=O) groups excluding carboxylic acids is 1. The lowest BCUT2D eigenvalue weighted by Crippen LogP contribution is -2.30. The molecular formula is C16H15F2IN2O3. The summed E-state index contributed by atoms with van der Waals surface area (Å²) in [5.74, 6) is -1.75. The minimum Gasteiger partial charge on any atom is -0.394 e. The van der Waals surface area contributed by atoms with Crippen LogP contribution in [-0.2, 0) is 4.84 Å². The first-order valence-electron chi connectivity index (χ1n) is 6.99. The Hall–Kier alpha value is -1.78. The summed E-state index contributed by atoms with van der Waals surface area (Å²) >= 11 is 1.97. The molecule has 1 atom stereocenters. The quantitative estimate of drug-likeness (QED) is 0.469. The third-order valence-corrected chi connectivity index (χ3v) is 3.71. The second-order valence-corrected chi connectivity index (χ2v) is 6.23. The maximum Gasteiger partial charge on any atom is 0.276 e. The summed E-state index contributed by atoms with van der Waals surface area (Å²) in [7, 11) is 0. The number of aliphatic hydroxyl groups excluding tert-OH is 1. The van der Waals surface area contributed by atoms with Gasteiger partial charge in [-0.25, -0.2) is 14.3 Å². The van der Waals surface area contributed by atoms with Crippen LogP contribution in [0.1, 0.15) is 17.3 Å². The van der Waals surface area contributed by atoms with Crippen LogP contribution < -0.4 is 10.8 Å².